The van der Waals surface area contributed by atoms with E-state index in [1.165, 1.54) is 0 Å². The van der Waals surface area contributed by atoms with Gasteiger partial charge in [0, 0.05) is 5.02 Å². The maximum atomic E-state index is 12.1. The van der Waals surface area contributed by atoms with Crippen LogP contribution in [0.2, 0.25) is 20.1 Å². The first kappa shape index (κ1) is 14.5. The average Bonchev–Trinajstić information content (AvgIpc) is 2.33. The molecule has 1 N–H and O–H groups in total. The zero-order chi connectivity index (χ0) is 14.0. The molecule has 98 valence electrons. The Morgan fingerprint density at radius 1 is 0.895 bits per heavy atom. The molecule has 0 atom stereocenters. The summed E-state index contributed by atoms with van der Waals surface area (Å²) in [5, 5.41) is 4.00. The summed E-state index contributed by atoms with van der Waals surface area (Å²) in [6, 6.07) is 9.60. The first-order chi connectivity index (χ1) is 8.99. The normalized spacial score (nSPS) is 10.3. The molecule has 2 nitrogen and oxygen atoms in total. The lowest BCUT2D eigenvalue weighted by Gasteiger charge is -2.10. The maximum absolute atomic E-state index is 12.1. The van der Waals surface area contributed by atoms with Crippen LogP contribution in [0.1, 0.15) is 10.4 Å². The number of rotatable bonds is 2. The van der Waals surface area contributed by atoms with Crippen LogP contribution in [-0.4, -0.2) is 5.91 Å². The quantitative estimate of drug-likeness (QED) is 0.766. The molecule has 2 rings (SSSR count). The minimum Gasteiger partial charge on any atom is -0.320 e. The Kier molecular flexibility index (Phi) is 4.58. The van der Waals surface area contributed by atoms with Gasteiger partial charge in [-0.25, -0.2) is 0 Å². The highest BCUT2D eigenvalue weighted by Crippen LogP contribution is 2.29. The lowest BCUT2D eigenvalue weighted by atomic mass is 10.2. The molecule has 2 aromatic carbocycles. The Bertz CT molecular complexity index is 622. The fourth-order valence-corrected chi connectivity index (χ4v) is 2.40. The van der Waals surface area contributed by atoms with Crippen LogP contribution in [0.25, 0.3) is 0 Å². The number of hydrogen-bond acceptors (Lipinski definition) is 1. The predicted molar refractivity (Wildman–Crippen MR) is 80.9 cm³/mol. The fraction of sp³-hybridized carbons (Fsp3) is 0. The van der Waals surface area contributed by atoms with Crippen LogP contribution in [0.3, 0.4) is 0 Å². The maximum Gasteiger partial charge on any atom is 0.258 e. The van der Waals surface area contributed by atoms with Gasteiger partial charge in [0.15, 0.2) is 0 Å². The average molecular weight is 335 g/mol. The molecule has 0 aromatic heterocycles. The SMILES string of the molecule is O=C(Nc1cc(Cl)ccc1Cl)c1c(Cl)cccc1Cl. The zero-order valence-corrected chi connectivity index (χ0v) is 12.4. The summed E-state index contributed by atoms with van der Waals surface area (Å²) in [5.74, 6) is -0.445. The van der Waals surface area contributed by atoms with Crippen molar-refractivity contribution in [3.8, 4) is 0 Å². The predicted octanol–water partition coefficient (Wildman–Crippen LogP) is 5.55. The monoisotopic (exact) mass is 333 g/mol. The van der Waals surface area contributed by atoms with Gasteiger partial charge in [0.1, 0.15) is 0 Å². The summed E-state index contributed by atoms with van der Waals surface area (Å²) >= 11 is 23.7. The molecule has 0 fully saturated rings. The van der Waals surface area contributed by atoms with E-state index in [1.807, 2.05) is 0 Å². The number of carbonyl (C=O) groups is 1. The number of benzene rings is 2. The largest absolute Gasteiger partial charge is 0.320 e. The van der Waals surface area contributed by atoms with Crippen molar-refractivity contribution in [2.75, 3.05) is 5.32 Å². The van der Waals surface area contributed by atoms with E-state index in [-0.39, 0.29) is 15.6 Å². The van der Waals surface area contributed by atoms with Crippen LogP contribution < -0.4 is 5.32 Å². The van der Waals surface area contributed by atoms with Crippen LogP contribution in [0.4, 0.5) is 5.69 Å². The van der Waals surface area contributed by atoms with Gasteiger partial charge in [0.2, 0.25) is 0 Å². The second kappa shape index (κ2) is 6.02. The molecule has 1 amide bonds. The fourth-order valence-electron chi connectivity index (χ4n) is 1.49. The van der Waals surface area contributed by atoms with Crippen molar-refractivity contribution in [2.45, 2.75) is 0 Å². The highest BCUT2D eigenvalue weighted by molar-refractivity contribution is 6.41. The first-order valence-corrected chi connectivity index (χ1v) is 6.70. The highest BCUT2D eigenvalue weighted by Gasteiger charge is 2.15. The molecule has 0 saturated heterocycles. The van der Waals surface area contributed by atoms with Crippen molar-refractivity contribution in [3.05, 3.63) is 62.1 Å². The summed E-state index contributed by atoms with van der Waals surface area (Å²) in [6.45, 7) is 0. The van der Waals surface area contributed by atoms with Crippen molar-refractivity contribution in [1.82, 2.24) is 0 Å². The van der Waals surface area contributed by atoms with E-state index in [4.69, 9.17) is 46.4 Å². The molecule has 6 heteroatoms. The van der Waals surface area contributed by atoms with Crippen LogP contribution >= 0.6 is 46.4 Å². The van der Waals surface area contributed by atoms with Crippen molar-refractivity contribution in [2.24, 2.45) is 0 Å². The van der Waals surface area contributed by atoms with Crippen LogP contribution in [0.5, 0.6) is 0 Å². The Balaban J connectivity index is 2.34. The lowest BCUT2D eigenvalue weighted by Crippen LogP contribution is -2.13. The molecule has 0 bridgehead atoms. The van der Waals surface area contributed by atoms with Gasteiger partial charge < -0.3 is 5.32 Å². The van der Waals surface area contributed by atoms with Crippen LogP contribution in [0.15, 0.2) is 36.4 Å². The summed E-state index contributed by atoms with van der Waals surface area (Å²) in [5.41, 5.74) is 0.594. The van der Waals surface area contributed by atoms with Crippen LogP contribution in [-0.2, 0) is 0 Å². The minimum atomic E-state index is -0.445. The summed E-state index contributed by atoms with van der Waals surface area (Å²) < 4.78 is 0. The molecule has 0 aliphatic rings. The third kappa shape index (κ3) is 3.34. The van der Waals surface area contributed by atoms with E-state index in [2.05, 4.69) is 5.32 Å². The number of hydrogen-bond donors (Lipinski definition) is 1. The van der Waals surface area contributed by atoms with E-state index in [9.17, 15) is 4.79 Å². The Morgan fingerprint density at radius 3 is 2.16 bits per heavy atom. The summed E-state index contributed by atoms with van der Waals surface area (Å²) in [7, 11) is 0. The standard InChI is InChI=1S/C13H7Cl4NO/c14-7-4-5-8(15)11(6-7)18-13(19)12-9(16)2-1-3-10(12)17/h1-6H,(H,18,19). The number of anilines is 1. The van der Waals surface area contributed by atoms with Gasteiger partial charge >= 0.3 is 0 Å². The summed E-state index contributed by atoms with van der Waals surface area (Å²) in [6.07, 6.45) is 0. The molecular weight excluding hydrogens is 328 g/mol. The smallest absolute Gasteiger partial charge is 0.258 e. The third-order valence-electron chi connectivity index (χ3n) is 2.37. The second-order valence-electron chi connectivity index (χ2n) is 3.67. The molecule has 0 saturated carbocycles. The van der Waals surface area contributed by atoms with E-state index >= 15 is 0 Å². The van der Waals surface area contributed by atoms with Crippen molar-refractivity contribution >= 4 is 58.0 Å². The van der Waals surface area contributed by atoms with E-state index < -0.39 is 5.91 Å². The Hall–Kier alpha value is -0.930. The lowest BCUT2D eigenvalue weighted by molar-refractivity contribution is 0.102. The number of nitrogens with one attached hydrogen (secondary N) is 1. The molecule has 0 spiro atoms. The summed E-state index contributed by atoms with van der Waals surface area (Å²) in [4.78, 5) is 12.1. The third-order valence-corrected chi connectivity index (χ3v) is 3.56. The van der Waals surface area contributed by atoms with Crippen molar-refractivity contribution < 1.29 is 4.79 Å². The van der Waals surface area contributed by atoms with Gasteiger partial charge in [0.25, 0.3) is 5.91 Å². The molecule has 0 radical (unpaired) electrons. The van der Waals surface area contributed by atoms with Gasteiger partial charge in [0.05, 0.1) is 26.3 Å². The minimum absolute atomic E-state index is 0.196. The zero-order valence-electron chi connectivity index (χ0n) is 9.38. The van der Waals surface area contributed by atoms with E-state index in [0.717, 1.165) is 0 Å². The van der Waals surface area contributed by atoms with Gasteiger partial charge in [-0.1, -0.05) is 52.5 Å². The first-order valence-electron chi connectivity index (χ1n) is 5.19. The number of halogens is 4. The van der Waals surface area contributed by atoms with E-state index in [0.29, 0.717) is 15.7 Å². The molecule has 2 aromatic rings. The molecule has 0 heterocycles. The van der Waals surface area contributed by atoms with Gasteiger partial charge in [-0.15, -0.1) is 0 Å². The van der Waals surface area contributed by atoms with Crippen molar-refractivity contribution in [1.29, 1.82) is 0 Å². The number of amides is 1. The van der Waals surface area contributed by atoms with E-state index in [1.54, 1.807) is 36.4 Å². The van der Waals surface area contributed by atoms with Gasteiger partial charge in [-0.05, 0) is 30.3 Å². The highest BCUT2D eigenvalue weighted by atomic mass is 35.5. The van der Waals surface area contributed by atoms with Crippen LogP contribution in [0, 0.1) is 0 Å². The molecule has 0 aliphatic heterocycles. The van der Waals surface area contributed by atoms with Gasteiger partial charge in [-0.3, -0.25) is 4.79 Å². The van der Waals surface area contributed by atoms with Crippen molar-refractivity contribution in [3.63, 3.8) is 0 Å². The molecule has 0 unspecified atom stereocenters. The Labute approximate surface area is 130 Å². The number of carbonyl (C=O) groups excluding carboxylic acids is 1. The molecule has 19 heavy (non-hydrogen) atoms. The molecule has 0 aliphatic carbocycles. The topological polar surface area (TPSA) is 29.1 Å². The van der Waals surface area contributed by atoms with Gasteiger partial charge in [-0.2, -0.15) is 0 Å². The Morgan fingerprint density at radius 2 is 1.53 bits per heavy atom. The second-order valence-corrected chi connectivity index (χ2v) is 5.33. The molecular formula is C13H7Cl4NO.